The van der Waals surface area contributed by atoms with Crippen LogP contribution in [0.1, 0.15) is 32.6 Å². The highest BCUT2D eigenvalue weighted by Gasteiger charge is 2.70. The summed E-state index contributed by atoms with van der Waals surface area (Å²) in [5.74, 6) is -2.37. The highest BCUT2D eigenvalue weighted by atomic mass is 19.3. The fraction of sp³-hybridized carbons (Fsp3) is 1.00. The topological polar surface area (TPSA) is 26.0 Å². The molecule has 2 fully saturated rings. The van der Waals surface area contributed by atoms with Crippen LogP contribution in [0.25, 0.3) is 0 Å². The van der Waals surface area contributed by atoms with Crippen LogP contribution in [0.4, 0.5) is 8.78 Å². The lowest BCUT2D eigenvalue weighted by Gasteiger charge is -2.37. The summed E-state index contributed by atoms with van der Waals surface area (Å²) in [5.41, 5.74) is 4.95. The molecule has 70 valence electrons. The molecule has 0 aromatic carbocycles. The number of nitrogens with two attached hydrogens (primary N) is 1. The largest absolute Gasteiger partial charge is 0.327 e. The Morgan fingerprint density at radius 3 is 2.33 bits per heavy atom. The van der Waals surface area contributed by atoms with E-state index in [9.17, 15) is 8.78 Å². The van der Waals surface area contributed by atoms with E-state index in [0.717, 1.165) is 6.42 Å². The Balaban J connectivity index is 2.26. The number of alkyl halides is 2. The maximum absolute atomic E-state index is 13.5. The van der Waals surface area contributed by atoms with Crippen LogP contribution in [-0.2, 0) is 0 Å². The molecule has 3 heteroatoms. The monoisotopic (exact) mass is 175 g/mol. The molecule has 0 saturated heterocycles. The second-order valence-corrected chi connectivity index (χ2v) is 4.35. The smallest absolute Gasteiger partial charge is 0.255 e. The van der Waals surface area contributed by atoms with Gasteiger partial charge in [-0.3, -0.25) is 0 Å². The van der Waals surface area contributed by atoms with Crippen molar-refractivity contribution >= 4 is 0 Å². The summed E-state index contributed by atoms with van der Waals surface area (Å²) >= 11 is 0. The first-order valence-electron chi connectivity index (χ1n) is 4.64. The van der Waals surface area contributed by atoms with Crippen molar-refractivity contribution in [3.63, 3.8) is 0 Å². The molecule has 0 radical (unpaired) electrons. The molecule has 3 atom stereocenters. The fourth-order valence-electron chi connectivity index (χ4n) is 2.78. The van der Waals surface area contributed by atoms with E-state index in [1.54, 1.807) is 0 Å². The van der Waals surface area contributed by atoms with Crippen molar-refractivity contribution in [2.24, 2.45) is 17.1 Å². The van der Waals surface area contributed by atoms with Crippen LogP contribution in [0.5, 0.6) is 0 Å². The minimum atomic E-state index is -2.50. The van der Waals surface area contributed by atoms with E-state index >= 15 is 0 Å². The average Bonchev–Trinajstić information content (AvgIpc) is 2.60. The maximum atomic E-state index is 13.5. The predicted octanol–water partition coefficient (Wildman–Crippen LogP) is 2.16. The van der Waals surface area contributed by atoms with Gasteiger partial charge >= 0.3 is 0 Å². The van der Waals surface area contributed by atoms with Gasteiger partial charge in [-0.05, 0) is 25.2 Å². The lowest BCUT2D eigenvalue weighted by atomic mass is 9.77. The van der Waals surface area contributed by atoms with Gasteiger partial charge in [-0.2, -0.15) is 0 Å². The molecule has 0 bridgehead atoms. The lowest BCUT2D eigenvalue weighted by Crippen LogP contribution is -2.48. The Kier molecular flexibility index (Phi) is 1.54. The van der Waals surface area contributed by atoms with E-state index in [4.69, 9.17) is 5.73 Å². The van der Waals surface area contributed by atoms with Crippen molar-refractivity contribution in [3.05, 3.63) is 0 Å². The lowest BCUT2D eigenvalue weighted by molar-refractivity contribution is -0.114. The molecule has 0 amide bonds. The molecule has 2 N–H and O–H groups in total. The van der Waals surface area contributed by atoms with Gasteiger partial charge in [0.1, 0.15) is 0 Å². The molecule has 1 spiro atoms. The molecule has 2 aliphatic carbocycles. The third kappa shape index (κ3) is 0.804. The van der Waals surface area contributed by atoms with Gasteiger partial charge in [0.05, 0.1) is 5.41 Å². The molecular formula is C9H15F2N. The first kappa shape index (κ1) is 8.42. The number of rotatable bonds is 0. The summed E-state index contributed by atoms with van der Waals surface area (Å²) < 4.78 is 26.9. The summed E-state index contributed by atoms with van der Waals surface area (Å²) in [7, 11) is 0. The summed E-state index contributed by atoms with van der Waals surface area (Å²) in [6.07, 6.45) is 2.04. The molecule has 2 unspecified atom stereocenters. The van der Waals surface area contributed by atoms with E-state index in [0.29, 0.717) is 12.8 Å². The van der Waals surface area contributed by atoms with Gasteiger partial charge in [-0.1, -0.05) is 6.92 Å². The standard InChI is InChI=1S/C9H15F2N/c1-6-5-8(6)7(12)3-2-4-9(8,10)11/h6-7H,2-5,12H2,1H3/t6?,7-,8?/m0/s1. The van der Waals surface area contributed by atoms with Gasteiger partial charge in [0, 0.05) is 12.5 Å². The second kappa shape index (κ2) is 2.19. The molecular weight excluding hydrogens is 160 g/mol. The normalized spacial score (nSPS) is 51.0. The van der Waals surface area contributed by atoms with Crippen LogP contribution in [0.15, 0.2) is 0 Å². The van der Waals surface area contributed by atoms with Crippen molar-refractivity contribution < 1.29 is 8.78 Å². The van der Waals surface area contributed by atoms with Crippen LogP contribution in [0, 0.1) is 11.3 Å². The Labute approximate surface area is 71.3 Å². The predicted molar refractivity (Wildman–Crippen MR) is 43.0 cm³/mol. The molecule has 2 rings (SSSR count). The zero-order valence-corrected chi connectivity index (χ0v) is 7.32. The minimum absolute atomic E-state index is 0.0467. The minimum Gasteiger partial charge on any atom is -0.327 e. The van der Waals surface area contributed by atoms with Gasteiger partial charge in [0.2, 0.25) is 0 Å². The second-order valence-electron chi connectivity index (χ2n) is 4.35. The summed E-state index contributed by atoms with van der Waals surface area (Å²) in [6.45, 7) is 1.89. The summed E-state index contributed by atoms with van der Waals surface area (Å²) in [5, 5.41) is 0. The number of hydrogen-bond acceptors (Lipinski definition) is 1. The molecule has 0 aromatic rings. The molecule has 0 aromatic heterocycles. The molecule has 2 aliphatic rings. The van der Waals surface area contributed by atoms with E-state index in [1.165, 1.54) is 0 Å². The average molecular weight is 175 g/mol. The van der Waals surface area contributed by atoms with Crippen LogP contribution < -0.4 is 5.73 Å². The van der Waals surface area contributed by atoms with Gasteiger partial charge in [-0.15, -0.1) is 0 Å². The first-order valence-corrected chi connectivity index (χ1v) is 4.64. The van der Waals surface area contributed by atoms with Crippen LogP contribution >= 0.6 is 0 Å². The van der Waals surface area contributed by atoms with E-state index in [1.807, 2.05) is 6.92 Å². The Hall–Kier alpha value is -0.180. The molecule has 1 nitrogen and oxygen atoms in total. The van der Waals surface area contributed by atoms with Gasteiger partial charge < -0.3 is 5.73 Å². The molecule has 0 aliphatic heterocycles. The molecule has 2 saturated carbocycles. The zero-order valence-electron chi connectivity index (χ0n) is 7.32. The van der Waals surface area contributed by atoms with Crippen molar-refractivity contribution in [1.29, 1.82) is 0 Å². The van der Waals surface area contributed by atoms with Crippen molar-refractivity contribution in [3.8, 4) is 0 Å². The Morgan fingerprint density at radius 2 is 2.00 bits per heavy atom. The highest BCUT2D eigenvalue weighted by Crippen LogP contribution is 2.66. The summed E-state index contributed by atoms with van der Waals surface area (Å²) in [4.78, 5) is 0. The van der Waals surface area contributed by atoms with E-state index in [-0.39, 0.29) is 18.4 Å². The highest BCUT2D eigenvalue weighted by molar-refractivity contribution is 5.15. The maximum Gasteiger partial charge on any atom is 0.255 e. The van der Waals surface area contributed by atoms with Crippen molar-refractivity contribution in [2.75, 3.05) is 0 Å². The third-order valence-electron chi connectivity index (χ3n) is 3.71. The fourth-order valence-corrected chi connectivity index (χ4v) is 2.78. The Morgan fingerprint density at radius 1 is 1.42 bits per heavy atom. The van der Waals surface area contributed by atoms with Gasteiger partial charge in [-0.25, -0.2) is 8.78 Å². The van der Waals surface area contributed by atoms with Crippen LogP contribution in [0.2, 0.25) is 0 Å². The van der Waals surface area contributed by atoms with Crippen molar-refractivity contribution in [1.82, 2.24) is 0 Å². The Bertz CT molecular complexity index is 205. The van der Waals surface area contributed by atoms with E-state index in [2.05, 4.69) is 0 Å². The number of halogens is 2. The first-order chi connectivity index (χ1) is 5.51. The molecule has 0 heterocycles. The van der Waals surface area contributed by atoms with Gasteiger partial charge in [0.25, 0.3) is 5.92 Å². The molecule has 12 heavy (non-hydrogen) atoms. The zero-order chi connectivity index (χ0) is 8.98. The van der Waals surface area contributed by atoms with Crippen LogP contribution in [0.3, 0.4) is 0 Å². The van der Waals surface area contributed by atoms with Crippen LogP contribution in [-0.4, -0.2) is 12.0 Å². The van der Waals surface area contributed by atoms with Crippen molar-refractivity contribution in [2.45, 2.75) is 44.6 Å². The van der Waals surface area contributed by atoms with Gasteiger partial charge in [0.15, 0.2) is 0 Å². The third-order valence-corrected chi connectivity index (χ3v) is 3.71. The summed E-state index contributed by atoms with van der Waals surface area (Å²) in [6, 6.07) is -0.267. The number of hydrogen-bond donors (Lipinski definition) is 1. The quantitative estimate of drug-likeness (QED) is 0.600. The van der Waals surface area contributed by atoms with E-state index < -0.39 is 11.3 Å². The SMILES string of the molecule is CC1CC12[C@@H](N)CCCC2(F)F.